The van der Waals surface area contributed by atoms with Crippen LogP contribution in [0.1, 0.15) is 39.9 Å². The lowest BCUT2D eigenvalue weighted by molar-refractivity contribution is 0.0951. The summed E-state index contributed by atoms with van der Waals surface area (Å²) in [7, 11) is 0. The van der Waals surface area contributed by atoms with Gasteiger partial charge in [0.2, 0.25) is 5.95 Å². The van der Waals surface area contributed by atoms with E-state index in [2.05, 4.69) is 20.6 Å². The summed E-state index contributed by atoms with van der Waals surface area (Å²) in [6, 6.07) is 15.5. The predicted octanol–water partition coefficient (Wildman–Crippen LogP) is 5.56. The molecule has 6 nitrogen and oxygen atoms in total. The Bertz CT molecular complexity index is 1370. The topological polar surface area (TPSA) is 87.1 Å². The highest BCUT2D eigenvalue weighted by atomic mass is 16.3. The molecule has 1 heterocycles. The van der Waals surface area contributed by atoms with Crippen molar-refractivity contribution in [2.75, 3.05) is 5.32 Å². The molecule has 3 N–H and O–H groups in total. The van der Waals surface area contributed by atoms with Gasteiger partial charge in [0.15, 0.2) is 0 Å². The Morgan fingerprint density at radius 2 is 1.73 bits per heavy atom. The average molecular weight is 439 g/mol. The second kappa shape index (κ2) is 8.20. The van der Waals surface area contributed by atoms with E-state index >= 15 is 0 Å². The molecular weight excluding hydrogens is 412 g/mol. The van der Waals surface area contributed by atoms with Crippen LogP contribution in [0.3, 0.4) is 0 Å². The first-order valence-electron chi connectivity index (χ1n) is 11.1. The predicted molar refractivity (Wildman–Crippen MR) is 131 cm³/mol. The van der Waals surface area contributed by atoms with Crippen molar-refractivity contribution in [2.45, 2.75) is 39.7 Å². The molecule has 0 radical (unpaired) electrons. The lowest BCUT2D eigenvalue weighted by Crippen LogP contribution is -2.25. The number of aromatic nitrogens is 2. The van der Waals surface area contributed by atoms with Gasteiger partial charge in [0.1, 0.15) is 5.75 Å². The van der Waals surface area contributed by atoms with Crippen molar-refractivity contribution in [3.63, 3.8) is 0 Å². The number of aromatic hydroxyl groups is 1. The maximum Gasteiger partial charge on any atom is 0.251 e. The maximum atomic E-state index is 12.5. The van der Waals surface area contributed by atoms with Crippen LogP contribution in [0.4, 0.5) is 11.6 Å². The van der Waals surface area contributed by atoms with Crippen LogP contribution >= 0.6 is 0 Å². The number of phenols is 1. The fourth-order valence-electron chi connectivity index (χ4n) is 4.02. The number of carbonyl (C=O) groups is 1. The molecule has 1 aromatic heterocycles. The molecule has 1 aliphatic rings. The van der Waals surface area contributed by atoms with Crippen LogP contribution in [0.25, 0.3) is 22.0 Å². The summed E-state index contributed by atoms with van der Waals surface area (Å²) in [6.07, 6.45) is 3.83. The molecule has 1 aliphatic carbocycles. The Morgan fingerprint density at radius 3 is 2.45 bits per heavy atom. The zero-order chi connectivity index (χ0) is 23.1. The van der Waals surface area contributed by atoms with Gasteiger partial charge in [-0.2, -0.15) is 0 Å². The van der Waals surface area contributed by atoms with Crippen molar-refractivity contribution in [3.8, 4) is 16.9 Å². The fraction of sp³-hybridized carbons (Fsp3) is 0.222. The van der Waals surface area contributed by atoms with Crippen molar-refractivity contribution in [1.82, 2.24) is 15.3 Å². The first-order valence-corrected chi connectivity index (χ1v) is 11.1. The number of amides is 1. The molecule has 0 spiro atoms. The number of benzene rings is 3. The summed E-state index contributed by atoms with van der Waals surface area (Å²) in [4.78, 5) is 21.6. The summed E-state index contributed by atoms with van der Waals surface area (Å²) >= 11 is 0. The smallest absolute Gasteiger partial charge is 0.251 e. The molecule has 166 valence electrons. The number of para-hydroxylation sites is 1. The quantitative estimate of drug-likeness (QED) is 0.380. The highest BCUT2D eigenvalue weighted by Crippen LogP contribution is 2.36. The van der Waals surface area contributed by atoms with Crippen LogP contribution in [-0.4, -0.2) is 27.0 Å². The standard InChI is InChI=1S/C27H26N4O2/c1-15-7-8-18(26(33)29-20-9-10-20)11-21(15)22-12-19-14-28-27(30-23(19)13-24(22)32)31-25-16(2)5-4-6-17(25)3/h4-8,11-14,20,32H,9-10H2,1-3H3,(H,29,33)(H,28,30,31). The molecule has 4 aromatic rings. The molecular formula is C27H26N4O2. The number of nitrogens with one attached hydrogen (secondary N) is 2. The molecule has 0 saturated heterocycles. The normalized spacial score (nSPS) is 13.2. The van der Waals surface area contributed by atoms with Gasteiger partial charge in [-0.1, -0.05) is 24.3 Å². The summed E-state index contributed by atoms with van der Waals surface area (Å²) in [5.74, 6) is 0.508. The first kappa shape index (κ1) is 20.9. The fourth-order valence-corrected chi connectivity index (χ4v) is 4.02. The molecule has 0 unspecified atom stereocenters. The van der Waals surface area contributed by atoms with Gasteiger partial charge >= 0.3 is 0 Å². The number of phenolic OH excluding ortho intramolecular Hbond substituents is 1. The van der Waals surface area contributed by atoms with Gasteiger partial charge in [-0.05, 0) is 74.1 Å². The van der Waals surface area contributed by atoms with E-state index in [1.807, 2.05) is 63.2 Å². The number of hydrogen-bond acceptors (Lipinski definition) is 5. The summed E-state index contributed by atoms with van der Waals surface area (Å²) < 4.78 is 0. The van der Waals surface area contributed by atoms with E-state index in [0.29, 0.717) is 28.6 Å². The summed E-state index contributed by atoms with van der Waals surface area (Å²) in [5, 5.41) is 18.0. The number of carbonyl (C=O) groups excluding carboxylic acids is 1. The number of hydrogen-bond donors (Lipinski definition) is 3. The lowest BCUT2D eigenvalue weighted by atomic mass is 9.96. The Hall–Kier alpha value is -3.93. The van der Waals surface area contributed by atoms with Gasteiger partial charge in [0.05, 0.1) is 5.52 Å². The molecule has 33 heavy (non-hydrogen) atoms. The Kier molecular flexibility index (Phi) is 5.21. The van der Waals surface area contributed by atoms with Gasteiger partial charge in [0, 0.05) is 40.5 Å². The van der Waals surface area contributed by atoms with Gasteiger partial charge < -0.3 is 15.7 Å². The second-order valence-corrected chi connectivity index (χ2v) is 8.79. The third-order valence-corrected chi connectivity index (χ3v) is 6.12. The van der Waals surface area contributed by atoms with Crippen LogP contribution < -0.4 is 10.6 Å². The number of anilines is 2. The van der Waals surface area contributed by atoms with Crippen LogP contribution in [0.2, 0.25) is 0 Å². The third kappa shape index (κ3) is 4.24. The minimum absolute atomic E-state index is 0.0791. The molecule has 3 aromatic carbocycles. The van der Waals surface area contributed by atoms with E-state index in [-0.39, 0.29) is 11.7 Å². The largest absolute Gasteiger partial charge is 0.507 e. The van der Waals surface area contributed by atoms with E-state index in [4.69, 9.17) is 0 Å². The van der Waals surface area contributed by atoms with E-state index in [0.717, 1.165) is 46.2 Å². The molecule has 0 aliphatic heterocycles. The SMILES string of the molecule is Cc1ccc(C(=O)NC2CC2)cc1-c1cc2cnc(Nc3c(C)cccc3C)nc2cc1O. The molecule has 0 bridgehead atoms. The van der Waals surface area contributed by atoms with Crippen molar-refractivity contribution < 1.29 is 9.90 Å². The maximum absolute atomic E-state index is 12.5. The summed E-state index contributed by atoms with van der Waals surface area (Å²) in [6.45, 7) is 6.04. The number of aryl methyl sites for hydroxylation is 3. The number of nitrogens with zero attached hydrogens (tertiary/aromatic N) is 2. The third-order valence-electron chi connectivity index (χ3n) is 6.12. The molecule has 6 heteroatoms. The Balaban J connectivity index is 1.50. The van der Waals surface area contributed by atoms with E-state index < -0.39 is 0 Å². The van der Waals surface area contributed by atoms with E-state index in [9.17, 15) is 9.90 Å². The summed E-state index contributed by atoms with van der Waals surface area (Å²) in [5.41, 5.74) is 6.87. The molecule has 1 amide bonds. The number of fused-ring (bicyclic) bond motifs is 1. The van der Waals surface area contributed by atoms with Crippen molar-refractivity contribution in [3.05, 3.63) is 77.0 Å². The molecule has 1 fully saturated rings. The van der Waals surface area contributed by atoms with Crippen molar-refractivity contribution in [2.24, 2.45) is 0 Å². The lowest BCUT2D eigenvalue weighted by Gasteiger charge is -2.13. The van der Waals surface area contributed by atoms with Gasteiger partial charge in [-0.3, -0.25) is 4.79 Å². The highest BCUT2D eigenvalue weighted by Gasteiger charge is 2.24. The number of rotatable bonds is 5. The minimum Gasteiger partial charge on any atom is -0.507 e. The van der Waals surface area contributed by atoms with E-state index in [1.54, 1.807) is 12.3 Å². The van der Waals surface area contributed by atoms with Gasteiger partial charge in [0.25, 0.3) is 5.91 Å². The Morgan fingerprint density at radius 1 is 0.970 bits per heavy atom. The van der Waals surface area contributed by atoms with Crippen LogP contribution in [0.15, 0.2) is 54.7 Å². The zero-order valence-corrected chi connectivity index (χ0v) is 18.9. The minimum atomic E-state index is -0.0791. The Labute approximate surface area is 192 Å². The van der Waals surface area contributed by atoms with Gasteiger partial charge in [-0.25, -0.2) is 9.97 Å². The van der Waals surface area contributed by atoms with Gasteiger partial charge in [-0.15, -0.1) is 0 Å². The van der Waals surface area contributed by atoms with Crippen molar-refractivity contribution in [1.29, 1.82) is 0 Å². The molecule has 0 atom stereocenters. The van der Waals surface area contributed by atoms with Crippen LogP contribution in [0.5, 0.6) is 5.75 Å². The molecule has 1 saturated carbocycles. The molecule has 5 rings (SSSR count). The average Bonchev–Trinajstić information content (AvgIpc) is 3.60. The zero-order valence-electron chi connectivity index (χ0n) is 18.9. The van der Waals surface area contributed by atoms with Crippen LogP contribution in [-0.2, 0) is 0 Å². The second-order valence-electron chi connectivity index (χ2n) is 8.79. The first-order chi connectivity index (χ1) is 15.9. The highest BCUT2D eigenvalue weighted by molar-refractivity contribution is 5.97. The van der Waals surface area contributed by atoms with E-state index in [1.165, 1.54) is 0 Å². The van der Waals surface area contributed by atoms with Crippen molar-refractivity contribution >= 4 is 28.4 Å². The monoisotopic (exact) mass is 438 g/mol. The van der Waals surface area contributed by atoms with Crippen LogP contribution in [0, 0.1) is 20.8 Å².